The molecule has 7 heteroatoms. The van der Waals surface area contributed by atoms with E-state index in [9.17, 15) is 9.18 Å². The van der Waals surface area contributed by atoms with E-state index in [1.807, 2.05) is 12.1 Å². The van der Waals surface area contributed by atoms with Gasteiger partial charge in [-0.1, -0.05) is 12.1 Å². The number of nitrogens with one attached hydrogen (secondary N) is 2. The summed E-state index contributed by atoms with van der Waals surface area (Å²) in [7, 11) is 1.35. The van der Waals surface area contributed by atoms with Crippen LogP contribution in [0.3, 0.4) is 0 Å². The number of allylic oxidation sites excluding steroid dienone is 1. The zero-order chi connectivity index (χ0) is 17.3. The van der Waals surface area contributed by atoms with Crippen LogP contribution in [0.5, 0.6) is 0 Å². The van der Waals surface area contributed by atoms with Crippen molar-refractivity contribution in [2.24, 2.45) is 0 Å². The van der Waals surface area contributed by atoms with E-state index in [-0.39, 0.29) is 11.9 Å². The van der Waals surface area contributed by atoms with Crippen molar-refractivity contribution in [2.75, 3.05) is 7.11 Å². The van der Waals surface area contributed by atoms with E-state index in [4.69, 9.17) is 17.0 Å². The first-order chi connectivity index (χ1) is 11.5. The van der Waals surface area contributed by atoms with Gasteiger partial charge in [-0.25, -0.2) is 9.18 Å². The molecule has 0 bridgehead atoms. The highest BCUT2D eigenvalue weighted by Crippen LogP contribution is 2.36. The zero-order valence-corrected chi connectivity index (χ0v) is 14.7. The zero-order valence-electron chi connectivity index (χ0n) is 13.1. The van der Waals surface area contributed by atoms with Crippen LogP contribution in [0.25, 0.3) is 10.4 Å². The highest BCUT2D eigenvalue weighted by molar-refractivity contribution is 7.80. The topological polar surface area (TPSA) is 50.4 Å². The number of methoxy groups -OCH3 is 1. The number of thiophene rings is 1. The molecule has 124 valence electrons. The van der Waals surface area contributed by atoms with Crippen LogP contribution in [0, 0.1) is 5.82 Å². The van der Waals surface area contributed by atoms with Crippen LogP contribution < -0.4 is 10.6 Å². The summed E-state index contributed by atoms with van der Waals surface area (Å²) in [5.74, 6) is -0.677. The predicted octanol–water partition coefficient (Wildman–Crippen LogP) is 3.52. The standard InChI is InChI=1S/C17H15FN2O2S2/c1-9-14(16(21)22-2)15(20-17(23)19-9)13-8-7-12(24-13)10-3-5-11(18)6-4-10/h3-8,15H,1-2H3,(H2,19,20,23)/t15-/m0/s1. The fraction of sp³-hybridized carbons (Fsp3) is 0.176. The van der Waals surface area contributed by atoms with E-state index in [0.717, 1.165) is 15.3 Å². The molecular formula is C17H15FN2O2S2. The number of halogens is 1. The first-order valence-corrected chi connectivity index (χ1v) is 8.44. The molecule has 1 aliphatic heterocycles. The molecule has 0 saturated carbocycles. The molecule has 0 spiro atoms. The number of thiocarbonyl (C=S) groups is 1. The summed E-state index contributed by atoms with van der Waals surface area (Å²) in [5, 5.41) is 6.53. The lowest BCUT2D eigenvalue weighted by Gasteiger charge is -2.28. The third-order valence-electron chi connectivity index (χ3n) is 3.71. The van der Waals surface area contributed by atoms with Crippen LogP contribution >= 0.6 is 23.6 Å². The lowest BCUT2D eigenvalue weighted by molar-refractivity contribution is -0.136. The third kappa shape index (κ3) is 3.18. The molecule has 2 heterocycles. The number of carbonyl (C=O) groups is 1. The second-order valence-corrected chi connectivity index (χ2v) is 6.79. The van der Waals surface area contributed by atoms with E-state index in [0.29, 0.717) is 16.4 Å². The Kier molecular flexibility index (Phi) is 4.64. The molecule has 1 atom stereocenters. The second kappa shape index (κ2) is 6.70. The summed E-state index contributed by atoms with van der Waals surface area (Å²) in [6, 6.07) is 9.83. The van der Waals surface area contributed by atoms with Crippen molar-refractivity contribution in [3.05, 3.63) is 58.4 Å². The molecule has 2 N–H and O–H groups in total. The normalized spacial score (nSPS) is 17.3. The maximum absolute atomic E-state index is 13.1. The highest BCUT2D eigenvalue weighted by Gasteiger charge is 2.31. The van der Waals surface area contributed by atoms with Gasteiger partial charge in [0.05, 0.1) is 18.7 Å². The molecule has 0 radical (unpaired) electrons. The minimum absolute atomic E-state index is 0.271. The Morgan fingerprint density at radius 2 is 1.96 bits per heavy atom. The summed E-state index contributed by atoms with van der Waals surface area (Å²) in [6.45, 7) is 1.79. The van der Waals surface area contributed by atoms with Gasteiger partial charge in [-0.15, -0.1) is 11.3 Å². The number of benzene rings is 1. The average molecular weight is 362 g/mol. The van der Waals surface area contributed by atoms with E-state index < -0.39 is 5.97 Å². The van der Waals surface area contributed by atoms with Gasteiger partial charge in [-0.3, -0.25) is 0 Å². The summed E-state index contributed by atoms with van der Waals surface area (Å²) in [6.07, 6.45) is 0. The monoisotopic (exact) mass is 362 g/mol. The number of ether oxygens (including phenoxy) is 1. The Balaban J connectivity index is 1.98. The van der Waals surface area contributed by atoms with Crippen molar-refractivity contribution < 1.29 is 13.9 Å². The SMILES string of the molecule is COC(=O)C1=C(C)NC(=S)N[C@H]1c1ccc(-c2ccc(F)cc2)s1. The highest BCUT2D eigenvalue weighted by atomic mass is 32.1. The second-order valence-electron chi connectivity index (χ2n) is 5.27. The quantitative estimate of drug-likeness (QED) is 0.646. The summed E-state index contributed by atoms with van der Waals surface area (Å²) >= 11 is 6.72. The maximum Gasteiger partial charge on any atom is 0.337 e. The Morgan fingerprint density at radius 3 is 2.62 bits per heavy atom. The number of esters is 1. The van der Waals surface area contributed by atoms with Gasteiger partial charge in [-0.2, -0.15) is 0 Å². The Bertz CT molecular complexity index is 827. The molecule has 0 fully saturated rings. The van der Waals surface area contributed by atoms with Crippen molar-refractivity contribution in [3.8, 4) is 10.4 Å². The largest absolute Gasteiger partial charge is 0.466 e. The molecule has 1 aromatic heterocycles. The first-order valence-electron chi connectivity index (χ1n) is 7.22. The molecule has 0 unspecified atom stereocenters. The van der Waals surface area contributed by atoms with Crippen LogP contribution in [0.4, 0.5) is 4.39 Å². The van der Waals surface area contributed by atoms with E-state index in [2.05, 4.69) is 10.6 Å². The molecule has 3 rings (SSSR count). The smallest absolute Gasteiger partial charge is 0.337 e. The van der Waals surface area contributed by atoms with Gasteiger partial charge in [0.15, 0.2) is 5.11 Å². The van der Waals surface area contributed by atoms with E-state index in [1.54, 1.807) is 19.1 Å². The minimum Gasteiger partial charge on any atom is -0.466 e. The van der Waals surface area contributed by atoms with Gasteiger partial charge in [0.1, 0.15) is 5.82 Å². The molecule has 24 heavy (non-hydrogen) atoms. The number of carbonyl (C=O) groups excluding carboxylic acids is 1. The molecule has 1 aromatic carbocycles. The fourth-order valence-electron chi connectivity index (χ4n) is 2.57. The Morgan fingerprint density at radius 1 is 1.25 bits per heavy atom. The van der Waals surface area contributed by atoms with Crippen LogP contribution in [0.2, 0.25) is 0 Å². The summed E-state index contributed by atoms with van der Waals surface area (Å²) in [5.41, 5.74) is 2.09. The van der Waals surface area contributed by atoms with Crippen LogP contribution in [-0.4, -0.2) is 18.2 Å². The predicted molar refractivity (Wildman–Crippen MR) is 96.0 cm³/mol. The van der Waals surface area contributed by atoms with Crippen molar-refractivity contribution in [1.82, 2.24) is 10.6 Å². The Hall–Kier alpha value is -2.25. The van der Waals surface area contributed by atoms with Crippen LogP contribution in [0.1, 0.15) is 17.8 Å². The molecule has 0 amide bonds. The maximum atomic E-state index is 13.1. The number of hydrogen-bond acceptors (Lipinski definition) is 4. The molecule has 0 saturated heterocycles. The van der Waals surface area contributed by atoms with Gasteiger partial charge < -0.3 is 15.4 Å². The molecular weight excluding hydrogens is 347 g/mol. The van der Waals surface area contributed by atoms with Crippen molar-refractivity contribution in [1.29, 1.82) is 0 Å². The van der Waals surface area contributed by atoms with Crippen LogP contribution in [0.15, 0.2) is 47.7 Å². The fourth-order valence-corrected chi connectivity index (χ4v) is 3.91. The molecule has 2 aromatic rings. The molecule has 0 aliphatic carbocycles. The van der Waals surface area contributed by atoms with E-state index in [1.165, 1.54) is 30.6 Å². The lowest BCUT2D eigenvalue weighted by atomic mass is 10.0. The summed E-state index contributed by atoms with van der Waals surface area (Å²) < 4.78 is 18.0. The minimum atomic E-state index is -0.406. The number of hydrogen-bond donors (Lipinski definition) is 2. The lowest BCUT2D eigenvalue weighted by Crippen LogP contribution is -2.44. The first kappa shape index (κ1) is 16.6. The van der Waals surface area contributed by atoms with Crippen molar-refractivity contribution in [2.45, 2.75) is 13.0 Å². The van der Waals surface area contributed by atoms with Gasteiger partial charge in [-0.05, 0) is 49.0 Å². The average Bonchev–Trinajstić information content (AvgIpc) is 3.04. The van der Waals surface area contributed by atoms with Crippen LogP contribution in [-0.2, 0) is 9.53 Å². The molecule has 4 nitrogen and oxygen atoms in total. The van der Waals surface area contributed by atoms with Crippen molar-refractivity contribution in [3.63, 3.8) is 0 Å². The van der Waals surface area contributed by atoms with E-state index >= 15 is 0 Å². The van der Waals surface area contributed by atoms with Gasteiger partial charge in [0, 0.05) is 15.5 Å². The van der Waals surface area contributed by atoms with Gasteiger partial charge in [0.25, 0.3) is 0 Å². The molecule has 1 aliphatic rings. The number of rotatable bonds is 3. The van der Waals surface area contributed by atoms with Gasteiger partial charge in [0.2, 0.25) is 0 Å². The summed E-state index contributed by atoms with van der Waals surface area (Å²) in [4.78, 5) is 14.1. The Labute approximate surface area is 148 Å². The van der Waals surface area contributed by atoms with Gasteiger partial charge >= 0.3 is 5.97 Å². The third-order valence-corrected chi connectivity index (χ3v) is 5.13. The van der Waals surface area contributed by atoms with Crippen molar-refractivity contribution >= 4 is 34.6 Å².